The van der Waals surface area contributed by atoms with Crippen molar-refractivity contribution in [2.45, 2.75) is 56.5 Å². The number of hydrogen-bond donors (Lipinski definition) is 2. The zero-order valence-corrected chi connectivity index (χ0v) is 21.9. The summed E-state index contributed by atoms with van der Waals surface area (Å²) >= 11 is 1.42. The Kier molecular flexibility index (Phi) is 9.35. The fourth-order valence-corrected chi connectivity index (χ4v) is 4.93. The first-order valence-electron chi connectivity index (χ1n) is 12.2. The molecule has 0 spiro atoms. The lowest BCUT2D eigenvalue weighted by Crippen LogP contribution is -2.32. The number of aromatic nitrogens is 1. The average molecular weight is 539 g/mol. The van der Waals surface area contributed by atoms with Gasteiger partial charge in [0.25, 0.3) is 10.9 Å². The minimum atomic E-state index is -0.911. The zero-order valence-electron chi connectivity index (χ0n) is 21.1. The molecule has 0 aliphatic carbocycles. The second-order valence-electron chi connectivity index (χ2n) is 8.89. The molecular weight excluding hydrogens is 508 g/mol. The fourth-order valence-electron chi connectivity index (χ4n) is 4.00. The van der Waals surface area contributed by atoms with Gasteiger partial charge in [-0.15, -0.1) is 0 Å². The van der Waals surface area contributed by atoms with Gasteiger partial charge in [0.2, 0.25) is 0 Å². The van der Waals surface area contributed by atoms with Gasteiger partial charge in [0, 0.05) is 42.5 Å². The lowest BCUT2D eigenvalue weighted by molar-refractivity contribution is -0.645. The van der Waals surface area contributed by atoms with Crippen molar-refractivity contribution < 1.29 is 33.6 Å². The summed E-state index contributed by atoms with van der Waals surface area (Å²) in [6.45, 7) is 2.72. The average Bonchev–Trinajstić information content (AvgIpc) is 2.92. The van der Waals surface area contributed by atoms with Crippen LogP contribution in [0.3, 0.4) is 0 Å². The minimum absolute atomic E-state index is 0.0361. The molecule has 10 heteroatoms. The number of amides is 1. The summed E-state index contributed by atoms with van der Waals surface area (Å²) in [4.78, 5) is 23.4. The first-order chi connectivity index (χ1) is 18.3. The number of pyridine rings is 1. The normalized spacial score (nSPS) is 19.9. The summed E-state index contributed by atoms with van der Waals surface area (Å²) < 4.78 is 18.4. The molecule has 1 aliphatic rings. The maximum absolute atomic E-state index is 12.3. The Morgan fingerprint density at radius 3 is 2.47 bits per heavy atom. The van der Waals surface area contributed by atoms with Gasteiger partial charge in [-0.05, 0) is 36.2 Å². The molecule has 1 amide bonds. The number of carbonyl (C=O) groups is 2. The van der Waals surface area contributed by atoms with E-state index in [-0.39, 0.29) is 18.8 Å². The van der Waals surface area contributed by atoms with Crippen LogP contribution in [0, 0.1) is 5.21 Å². The van der Waals surface area contributed by atoms with Gasteiger partial charge in [0.15, 0.2) is 18.6 Å². The highest BCUT2D eigenvalue weighted by Crippen LogP contribution is 2.39. The number of aliphatic hydroxyl groups excluding tert-OH is 1. The maximum Gasteiger partial charge on any atom is 0.303 e. The van der Waals surface area contributed by atoms with Crippen molar-refractivity contribution in [3.8, 4) is 0 Å². The summed E-state index contributed by atoms with van der Waals surface area (Å²) in [5.41, 5.74) is 3.09. The number of thioether (sulfide) groups is 1. The second kappa shape index (κ2) is 12.9. The molecule has 1 aromatic heterocycles. The Hall–Kier alpha value is -3.44. The first-order valence-corrected chi connectivity index (χ1v) is 13.2. The molecule has 4 rings (SSSR count). The van der Waals surface area contributed by atoms with Gasteiger partial charge in [0.1, 0.15) is 0 Å². The van der Waals surface area contributed by atoms with Crippen molar-refractivity contribution >= 4 is 29.3 Å². The van der Waals surface area contributed by atoms with E-state index < -0.39 is 24.3 Å². The van der Waals surface area contributed by atoms with Crippen LogP contribution in [0.4, 0.5) is 5.69 Å². The summed E-state index contributed by atoms with van der Waals surface area (Å²) in [6.07, 6.45) is 0.0178. The second-order valence-corrected chi connectivity index (χ2v) is 9.93. The summed E-state index contributed by atoms with van der Waals surface area (Å²) in [7, 11) is 0. The lowest BCUT2D eigenvalue weighted by Gasteiger charge is -2.36. The third-order valence-corrected chi connectivity index (χ3v) is 7.13. The van der Waals surface area contributed by atoms with Crippen LogP contribution in [0.2, 0.25) is 0 Å². The van der Waals surface area contributed by atoms with Crippen LogP contribution in [-0.2, 0) is 30.4 Å². The van der Waals surface area contributed by atoms with Crippen LogP contribution in [0.25, 0.3) is 0 Å². The number of rotatable bonds is 9. The topological polar surface area (TPSA) is 121 Å². The number of anilines is 1. The van der Waals surface area contributed by atoms with Gasteiger partial charge in [-0.3, -0.25) is 9.59 Å². The highest BCUT2D eigenvalue weighted by Gasteiger charge is 2.32. The Morgan fingerprint density at radius 1 is 1.11 bits per heavy atom. The Labute approximate surface area is 225 Å². The van der Waals surface area contributed by atoms with Gasteiger partial charge in [-0.1, -0.05) is 48.2 Å². The number of aliphatic hydroxyl groups is 1. The molecule has 0 bridgehead atoms. The zero-order chi connectivity index (χ0) is 27.1. The molecule has 200 valence electrons. The van der Waals surface area contributed by atoms with Crippen molar-refractivity contribution in [2.75, 3.05) is 11.1 Å². The van der Waals surface area contributed by atoms with Crippen molar-refractivity contribution in [1.82, 2.24) is 0 Å². The molecule has 38 heavy (non-hydrogen) atoms. The molecule has 2 heterocycles. The van der Waals surface area contributed by atoms with Gasteiger partial charge >= 0.3 is 5.97 Å². The smallest absolute Gasteiger partial charge is 0.303 e. The van der Waals surface area contributed by atoms with E-state index in [2.05, 4.69) is 5.32 Å². The minimum Gasteiger partial charge on any atom is -0.618 e. The van der Waals surface area contributed by atoms with E-state index in [1.54, 1.807) is 36.4 Å². The van der Waals surface area contributed by atoms with Gasteiger partial charge in [-0.2, -0.15) is 4.73 Å². The first kappa shape index (κ1) is 27.6. The van der Waals surface area contributed by atoms with Crippen LogP contribution in [-0.4, -0.2) is 34.9 Å². The molecule has 9 nitrogen and oxygen atoms in total. The Balaban J connectivity index is 1.48. The number of carbonyl (C=O) groups excluding carboxylic acids is 2. The van der Waals surface area contributed by atoms with Crippen LogP contribution in [0.5, 0.6) is 0 Å². The Bertz CT molecular complexity index is 1240. The van der Waals surface area contributed by atoms with E-state index in [1.165, 1.54) is 31.8 Å². The third-order valence-electron chi connectivity index (χ3n) is 5.98. The molecule has 1 saturated heterocycles. The standard InChI is InChI=1S/C28H30N2O7S/c1-18(35-19(2)32)27(33)29-23-12-10-22(11-13-23)28-36-24(17-38-26-5-3-4-14-30(26)34)15-25(37-28)21-8-6-20(16-31)7-9-21/h3-14,18,24-25,28,31H,15-17H2,1-2H3,(H,29,33). The third kappa shape index (κ3) is 7.32. The van der Waals surface area contributed by atoms with Crippen molar-refractivity contribution in [2.24, 2.45) is 0 Å². The van der Waals surface area contributed by atoms with E-state index in [0.29, 0.717) is 22.9 Å². The predicted octanol–water partition coefficient (Wildman–Crippen LogP) is 4.04. The Morgan fingerprint density at radius 2 is 1.82 bits per heavy atom. The number of benzene rings is 2. The van der Waals surface area contributed by atoms with Crippen LogP contribution < -0.4 is 10.0 Å². The molecule has 3 aromatic rings. The number of nitrogens with zero attached hydrogens (tertiary/aromatic N) is 1. The maximum atomic E-state index is 12.3. The van der Waals surface area contributed by atoms with Gasteiger partial charge in [-0.25, -0.2) is 0 Å². The fraction of sp³-hybridized carbons (Fsp3) is 0.321. The van der Waals surface area contributed by atoms with Crippen molar-refractivity contribution in [1.29, 1.82) is 0 Å². The van der Waals surface area contributed by atoms with E-state index in [1.807, 2.05) is 30.3 Å². The predicted molar refractivity (Wildman–Crippen MR) is 141 cm³/mol. The number of ether oxygens (including phenoxy) is 3. The number of hydrogen-bond acceptors (Lipinski definition) is 8. The molecule has 1 aliphatic heterocycles. The molecule has 2 N–H and O–H groups in total. The monoisotopic (exact) mass is 538 g/mol. The highest BCUT2D eigenvalue weighted by molar-refractivity contribution is 7.99. The van der Waals surface area contributed by atoms with E-state index in [0.717, 1.165) is 21.4 Å². The highest BCUT2D eigenvalue weighted by atomic mass is 32.2. The molecule has 1 fully saturated rings. The SMILES string of the molecule is CC(=O)OC(C)C(=O)Nc1ccc(C2OC(CSc3cccc[n+]3[O-])CC(c3ccc(CO)cc3)O2)cc1. The molecule has 4 atom stereocenters. The lowest BCUT2D eigenvalue weighted by atomic mass is 10.0. The quantitative estimate of drug-likeness (QED) is 0.181. The molecule has 2 aromatic carbocycles. The largest absolute Gasteiger partial charge is 0.618 e. The molecule has 0 radical (unpaired) electrons. The summed E-state index contributed by atoms with van der Waals surface area (Å²) in [6, 6.07) is 20.0. The van der Waals surface area contributed by atoms with E-state index in [4.69, 9.17) is 14.2 Å². The molecular formula is C28H30N2O7S. The van der Waals surface area contributed by atoms with Gasteiger partial charge in [0.05, 0.1) is 18.8 Å². The van der Waals surface area contributed by atoms with Gasteiger partial charge < -0.3 is 29.8 Å². The molecule has 0 saturated carbocycles. The summed E-state index contributed by atoms with van der Waals surface area (Å²) in [5, 5.41) is 24.8. The summed E-state index contributed by atoms with van der Waals surface area (Å²) in [5.74, 6) is -0.405. The van der Waals surface area contributed by atoms with Crippen LogP contribution in [0.1, 0.15) is 49.4 Å². The number of esters is 1. The van der Waals surface area contributed by atoms with E-state index >= 15 is 0 Å². The van der Waals surface area contributed by atoms with Crippen molar-refractivity contribution in [3.63, 3.8) is 0 Å². The van der Waals surface area contributed by atoms with Crippen LogP contribution >= 0.6 is 11.8 Å². The van der Waals surface area contributed by atoms with Crippen LogP contribution in [0.15, 0.2) is 78.0 Å². The van der Waals surface area contributed by atoms with E-state index in [9.17, 15) is 19.9 Å². The number of nitrogens with one attached hydrogen (secondary N) is 1. The molecule has 4 unspecified atom stereocenters. The van der Waals surface area contributed by atoms with Crippen molar-refractivity contribution in [3.05, 3.63) is 94.8 Å².